The van der Waals surface area contributed by atoms with Crippen LogP contribution in [-0.4, -0.2) is 24.2 Å². The van der Waals surface area contributed by atoms with Crippen molar-refractivity contribution in [3.63, 3.8) is 0 Å². The van der Waals surface area contributed by atoms with Gasteiger partial charge >= 0.3 is 0 Å². The number of hydrogen-bond acceptors (Lipinski definition) is 2. The van der Waals surface area contributed by atoms with Crippen molar-refractivity contribution in [2.75, 3.05) is 18.1 Å². The Kier molecular flexibility index (Phi) is 2.73. The second-order valence-corrected chi connectivity index (χ2v) is 3.78. The van der Waals surface area contributed by atoms with Crippen molar-refractivity contribution in [1.29, 1.82) is 0 Å². The Labute approximate surface area is 89.3 Å². The summed E-state index contributed by atoms with van der Waals surface area (Å²) in [5.74, 6) is 0.0757. The number of aliphatic hydroxyl groups excluding tert-OH is 1. The topological polar surface area (TPSA) is 40.5 Å². The van der Waals surface area contributed by atoms with Crippen LogP contribution >= 0.6 is 0 Å². The van der Waals surface area contributed by atoms with E-state index in [0.29, 0.717) is 13.0 Å². The van der Waals surface area contributed by atoms with Crippen LogP contribution in [-0.2, 0) is 4.79 Å². The fourth-order valence-corrected chi connectivity index (χ4v) is 2.15. The van der Waals surface area contributed by atoms with E-state index in [2.05, 4.69) is 0 Å². The van der Waals surface area contributed by atoms with Gasteiger partial charge in [-0.05, 0) is 18.6 Å². The number of anilines is 1. The van der Waals surface area contributed by atoms with Crippen LogP contribution in [0.15, 0.2) is 24.3 Å². The van der Waals surface area contributed by atoms with Crippen LogP contribution in [0.2, 0.25) is 0 Å². The molecular weight excluding hydrogens is 190 g/mol. The summed E-state index contributed by atoms with van der Waals surface area (Å²) in [4.78, 5) is 13.6. The van der Waals surface area contributed by atoms with E-state index in [1.54, 1.807) is 4.90 Å². The molecule has 1 unspecified atom stereocenters. The normalized spacial score (nSPS) is 20.3. The number of fused-ring (bicyclic) bond motifs is 1. The van der Waals surface area contributed by atoms with Crippen LogP contribution in [0, 0.1) is 0 Å². The van der Waals surface area contributed by atoms with Gasteiger partial charge in [-0.2, -0.15) is 0 Å². The first-order valence-electron chi connectivity index (χ1n) is 5.28. The zero-order valence-corrected chi connectivity index (χ0v) is 8.81. The molecule has 0 saturated heterocycles. The number of nitrogens with zero attached hydrogens (tertiary/aromatic N) is 1. The predicted octanol–water partition coefficient (Wildman–Crippen LogP) is 1.52. The van der Waals surface area contributed by atoms with Gasteiger partial charge in [0, 0.05) is 24.6 Å². The minimum atomic E-state index is -0.0310. The molecule has 0 bridgehead atoms. The lowest BCUT2D eigenvalue weighted by molar-refractivity contribution is -0.119. The Bertz CT molecular complexity index is 376. The van der Waals surface area contributed by atoms with Gasteiger partial charge in [-0.15, -0.1) is 0 Å². The molecular formula is C12H15NO2. The lowest BCUT2D eigenvalue weighted by atomic mass is 9.90. The molecule has 1 heterocycles. The summed E-state index contributed by atoms with van der Waals surface area (Å²) in [6, 6.07) is 7.81. The molecule has 2 rings (SSSR count). The SMILES string of the molecule is CCN1C(=O)CC(CO)c2ccccc21. The molecule has 1 aliphatic heterocycles. The lowest BCUT2D eigenvalue weighted by Gasteiger charge is -2.32. The third kappa shape index (κ3) is 1.63. The summed E-state index contributed by atoms with van der Waals surface area (Å²) < 4.78 is 0. The third-order valence-corrected chi connectivity index (χ3v) is 2.93. The molecule has 1 atom stereocenters. The van der Waals surface area contributed by atoms with Gasteiger partial charge in [0.25, 0.3) is 0 Å². The molecule has 0 fully saturated rings. The van der Waals surface area contributed by atoms with Gasteiger partial charge in [-0.25, -0.2) is 0 Å². The second-order valence-electron chi connectivity index (χ2n) is 3.78. The van der Waals surface area contributed by atoms with Crippen LogP contribution in [0.3, 0.4) is 0 Å². The number of hydrogen-bond donors (Lipinski definition) is 1. The maximum Gasteiger partial charge on any atom is 0.227 e. The van der Waals surface area contributed by atoms with E-state index in [-0.39, 0.29) is 18.4 Å². The van der Waals surface area contributed by atoms with Gasteiger partial charge in [-0.1, -0.05) is 18.2 Å². The van der Waals surface area contributed by atoms with Crippen LogP contribution in [0.5, 0.6) is 0 Å². The third-order valence-electron chi connectivity index (χ3n) is 2.93. The molecule has 80 valence electrons. The number of rotatable bonds is 2. The average molecular weight is 205 g/mol. The molecule has 3 nitrogen and oxygen atoms in total. The first kappa shape index (κ1) is 10.2. The van der Waals surface area contributed by atoms with Crippen molar-refractivity contribution in [3.8, 4) is 0 Å². The smallest absolute Gasteiger partial charge is 0.227 e. The number of para-hydroxylation sites is 1. The summed E-state index contributed by atoms with van der Waals surface area (Å²) in [6.45, 7) is 2.70. The highest BCUT2D eigenvalue weighted by molar-refractivity contribution is 5.97. The Hall–Kier alpha value is -1.35. The molecule has 1 aromatic rings. The van der Waals surface area contributed by atoms with Crippen molar-refractivity contribution in [1.82, 2.24) is 0 Å². The van der Waals surface area contributed by atoms with Gasteiger partial charge in [0.1, 0.15) is 0 Å². The zero-order chi connectivity index (χ0) is 10.8. The summed E-state index contributed by atoms with van der Waals surface area (Å²) in [5.41, 5.74) is 2.04. The largest absolute Gasteiger partial charge is 0.396 e. The molecule has 1 aromatic carbocycles. The van der Waals surface area contributed by atoms with E-state index in [4.69, 9.17) is 0 Å². The quantitative estimate of drug-likeness (QED) is 0.795. The fourth-order valence-electron chi connectivity index (χ4n) is 2.15. The Morgan fingerprint density at radius 1 is 1.47 bits per heavy atom. The standard InChI is InChI=1S/C12H15NO2/c1-2-13-11-6-4-3-5-10(11)9(8-14)7-12(13)15/h3-6,9,14H,2,7-8H2,1H3. The molecule has 1 aliphatic rings. The summed E-state index contributed by atoms with van der Waals surface area (Å²) >= 11 is 0. The first-order chi connectivity index (χ1) is 7.27. The van der Waals surface area contributed by atoms with E-state index in [0.717, 1.165) is 11.3 Å². The van der Waals surface area contributed by atoms with Gasteiger partial charge < -0.3 is 10.0 Å². The monoisotopic (exact) mass is 205 g/mol. The highest BCUT2D eigenvalue weighted by atomic mass is 16.3. The summed E-state index contributed by atoms with van der Waals surface area (Å²) in [6.07, 6.45) is 0.418. The van der Waals surface area contributed by atoms with Crippen molar-refractivity contribution in [2.24, 2.45) is 0 Å². The van der Waals surface area contributed by atoms with Crippen molar-refractivity contribution in [2.45, 2.75) is 19.3 Å². The number of amides is 1. The Morgan fingerprint density at radius 3 is 2.87 bits per heavy atom. The van der Waals surface area contributed by atoms with E-state index in [1.165, 1.54) is 0 Å². The zero-order valence-electron chi connectivity index (χ0n) is 8.81. The van der Waals surface area contributed by atoms with Crippen molar-refractivity contribution in [3.05, 3.63) is 29.8 Å². The van der Waals surface area contributed by atoms with Gasteiger partial charge in [0.2, 0.25) is 5.91 Å². The first-order valence-corrected chi connectivity index (χ1v) is 5.28. The minimum absolute atomic E-state index is 0.0310. The molecule has 0 spiro atoms. The highest BCUT2D eigenvalue weighted by Crippen LogP contribution is 2.35. The second kappa shape index (κ2) is 4.03. The number of carbonyl (C=O) groups is 1. The Morgan fingerprint density at radius 2 is 2.20 bits per heavy atom. The molecule has 1 amide bonds. The number of benzene rings is 1. The van der Waals surface area contributed by atoms with Crippen LogP contribution in [0.25, 0.3) is 0 Å². The predicted molar refractivity (Wildman–Crippen MR) is 58.9 cm³/mol. The van der Waals surface area contributed by atoms with Gasteiger partial charge in [0.15, 0.2) is 0 Å². The molecule has 3 heteroatoms. The fraction of sp³-hybridized carbons (Fsp3) is 0.417. The maximum atomic E-state index is 11.8. The van der Waals surface area contributed by atoms with Gasteiger partial charge in [0.05, 0.1) is 6.61 Å². The molecule has 0 aromatic heterocycles. The maximum absolute atomic E-state index is 11.8. The molecule has 1 N–H and O–H groups in total. The Balaban J connectivity index is 2.47. The average Bonchev–Trinajstić information content (AvgIpc) is 2.28. The molecule has 0 saturated carbocycles. The van der Waals surface area contributed by atoms with E-state index < -0.39 is 0 Å². The van der Waals surface area contributed by atoms with E-state index >= 15 is 0 Å². The van der Waals surface area contributed by atoms with E-state index in [9.17, 15) is 9.90 Å². The lowest BCUT2D eigenvalue weighted by Crippen LogP contribution is -2.37. The molecule has 0 radical (unpaired) electrons. The molecule has 15 heavy (non-hydrogen) atoms. The summed E-state index contributed by atoms with van der Waals surface area (Å²) in [5, 5.41) is 9.24. The van der Waals surface area contributed by atoms with E-state index in [1.807, 2.05) is 31.2 Å². The van der Waals surface area contributed by atoms with Crippen molar-refractivity contribution < 1.29 is 9.90 Å². The van der Waals surface area contributed by atoms with Crippen LogP contribution < -0.4 is 4.90 Å². The number of carbonyl (C=O) groups excluding carboxylic acids is 1. The van der Waals surface area contributed by atoms with Crippen LogP contribution in [0.4, 0.5) is 5.69 Å². The highest BCUT2D eigenvalue weighted by Gasteiger charge is 2.29. The minimum Gasteiger partial charge on any atom is -0.396 e. The van der Waals surface area contributed by atoms with Crippen LogP contribution in [0.1, 0.15) is 24.8 Å². The van der Waals surface area contributed by atoms with Gasteiger partial charge in [-0.3, -0.25) is 4.79 Å². The number of aliphatic hydroxyl groups is 1. The summed E-state index contributed by atoms with van der Waals surface area (Å²) in [7, 11) is 0. The van der Waals surface area contributed by atoms with Crippen molar-refractivity contribution >= 4 is 11.6 Å². The molecule has 0 aliphatic carbocycles.